The van der Waals surface area contributed by atoms with Crippen LogP contribution in [0.5, 0.6) is 11.5 Å². The molecule has 158 valence electrons. The van der Waals surface area contributed by atoms with Crippen LogP contribution in [0.3, 0.4) is 0 Å². The predicted molar refractivity (Wildman–Crippen MR) is 116 cm³/mol. The Morgan fingerprint density at radius 2 is 2.20 bits per heavy atom. The van der Waals surface area contributed by atoms with E-state index in [1.54, 1.807) is 42.7 Å². The molecule has 3 rings (SSSR count). The number of carbonyl (C=O) groups excluding carboxylic acids is 2. The van der Waals surface area contributed by atoms with Crippen molar-refractivity contribution >= 4 is 46.2 Å². The Morgan fingerprint density at radius 1 is 1.37 bits per heavy atom. The number of nitrogens with zero attached hydrogens (tertiary/aromatic N) is 1. The van der Waals surface area contributed by atoms with Gasteiger partial charge in [-0.05, 0) is 35.9 Å². The fourth-order valence-corrected chi connectivity index (χ4v) is 3.88. The van der Waals surface area contributed by atoms with E-state index in [4.69, 9.17) is 31.2 Å². The highest BCUT2D eigenvalue weighted by atomic mass is 32.2. The van der Waals surface area contributed by atoms with Gasteiger partial charge in [0.1, 0.15) is 10.1 Å². The second kappa shape index (κ2) is 10.3. The Labute approximate surface area is 182 Å². The van der Waals surface area contributed by atoms with Gasteiger partial charge in [0.25, 0.3) is 11.8 Å². The van der Waals surface area contributed by atoms with Gasteiger partial charge >= 0.3 is 0 Å². The number of thioether (sulfide) groups is 1. The van der Waals surface area contributed by atoms with E-state index in [1.165, 1.54) is 23.8 Å². The zero-order valence-electron chi connectivity index (χ0n) is 16.1. The molecule has 0 atom stereocenters. The summed E-state index contributed by atoms with van der Waals surface area (Å²) in [6.45, 7) is 0.0957. The number of methoxy groups -OCH3 is 1. The molecule has 1 aliphatic rings. The molecule has 0 bridgehead atoms. The second-order valence-electron chi connectivity index (χ2n) is 6.12. The number of rotatable bonds is 9. The zero-order chi connectivity index (χ0) is 21.5. The van der Waals surface area contributed by atoms with Crippen LogP contribution in [0.15, 0.2) is 45.9 Å². The number of hydrogen-bond acceptors (Lipinski definition) is 8. The van der Waals surface area contributed by atoms with E-state index >= 15 is 0 Å². The largest absolute Gasteiger partial charge is 0.493 e. The maximum Gasteiger partial charge on any atom is 0.266 e. The molecule has 30 heavy (non-hydrogen) atoms. The Bertz CT molecular complexity index is 958. The average Bonchev–Trinajstić information content (AvgIpc) is 3.35. The third-order valence-electron chi connectivity index (χ3n) is 4.05. The van der Waals surface area contributed by atoms with Crippen LogP contribution in [-0.4, -0.2) is 53.0 Å². The third-order valence-corrected chi connectivity index (χ3v) is 5.42. The first-order valence-electron chi connectivity index (χ1n) is 8.98. The molecule has 1 aromatic heterocycles. The van der Waals surface area contributed by atoms with Crippen molar-refractivity contribution in [3.63, 3.8) is 0 Å². The van der Waals surface area contributed by atoms with E-state index < -0.39 is 0 Å². The first kappa shape index (κ1) is 21.9. The molecule has 0 saturated carbocycles. The highest BCUT2D eigenvalue weighted by Crippen LogP contribution is 2.35. The van der Waals surface area contributed by atoms with Crippen molar-refractivity contribution in [1.82, 2.24) is 10.2 Å². The van der Waals surface area contributed by atoms with E-state index in [9.17, 15) is 9.59 Å². The molecule has 0 aliphatic carbocycles. The van der Waals surface area contributed by atoms with Crippen LogP contribution < -0.4 is 14.8 Å². The summed E-state index contributed by atoms with van der Waals surface area (Å²) in [4.78, 5) is 26.3. The smallest absolute Gasteiger partial charge is 0.266 e. The van der Waals surface area contributed by atoms with Gasteiger partial charge in [0.15, 0.2) is 18.1 Å². The Morgan fingerprint density at radius 3 is 2.90 bits per heavy atom. The summed E-state index contributed by atoms with van der Waals surface area (Å²) in [6, 6.07) is 8.67. The molecule has 2 amide bonds. The molecule has 2 heterocycles. The fraction of sp³-hybridized carbons (Fsp3) is 0.250. The van der Waals surface area contributed by atoms with Gasteiger partial charge in [0.05, 0.1) is 31.4 Å². The number of carbonyl (C=O) groups is 2. The van der Waals surface area contributed by atoms with Gasteiger partial charge in [-0.25, -0.2) is 0 Å². The number of hydrogen-bond donors (Lipinski definition) is 2. The Balaban J connectivity index is 1.70. The van der Waals surface area contributed by atoms with Gasteiger partial charge in [-0.3, -0.25) is 14.5 Å². The molecule has 1 aromatic carbocycles. The molecule has 8 nitrogen and oxygen atoms in total. The number of benzene rings is 1. The molecular formula is C20H20N2O6S2. The molecule has 0 unspecified atom stereocenters. The third kappa shape index (κ3) is 5.41. The first-order valence-corrected chi connectivity index (χ1v) is 10.2. The number of ether oxygens (including phenoxy) is 2. The summed E-state index contributed by atoms with van der Waals surface area (Å²) in [5.74, 6) is 0.916. The summed E-state index contributed by atoms with van der Waals surface area (Å²) in [5, 5.41) is 11.2. The molecule has 0 radical (unpaired) electrons. The van der Waals surface area contributed by atoms with E-state index in [2.05, 4.69) is 5.32 Å². The van der Waals surface area contributed by atoms with Crippen molar-refractivity contribution in [2.45, 2.75) is 6.54 Å². The standard InChI is InChI=1S/C20H20N2O6S2/c1-26-16-9-13(4-5-15(16)28-12-18(24)21-6-7-23)10-17-19(25)22(20(29)30-17)11-14-3-2-8-27-14/h2-5,8-10,23H,6-7,11-12H2,1H3,(H,21,24). The summed E-state index contributed by atoms with van der Waals surface area (Å²) in [5.41, 5.74) is 0.724. The summed E-state index contributed by atoms with van der Waals surface area (Å²) in [6.07, 6.45) is 3.27. The van der Waals surface area contributed by atoms with Crippen LogP contribution in [0, 0.1) is 0 Å². The monoisotopic (exact) mass is 448 g/mol. The Kier molecular flexibility index (Phi) is 7.50. The highest BCUT2D eigenvalue weighted by molar-refractivity contribution is 8.26. The van der Waals surface area contributed by atoms with Crippen LogP contribution in [0.4, 0.5) is 0 Å². The van der Waals surface area contributed by atoms with Gasteiger partial charge in [-0.15, -0.1) is 0 Å². The van der Waals surface area contributed by atoms with E-state index in [1.807, 2.05) is 0 Å². The lowest BCUT2D eigenvalue weighted by Crippen LogP contribution is -2.31. The lowest BCUT2D eigenvalue weighted by molar-refractivity contribution is -0.123. The molecule has 10 heteroatoms. The van der Waals surface area contributed by atoms with E-state index in [0.717, 1.165) is 5.56 Å². The van der Waals surface area contributed by atoms with Crippen LogP contribution in [0.1, 0.15) is 11.3 Å². The minimum atomic E-state index is -0.351. The van der Waals surface area contributed by atoms with E-state index in [0.29, 0.717) is 26.5 Å². The van der Waals surface area contributed by atoms with Crippen LogP contribution in [0.25, 0.3) is 6.08 Å². The normalized spacial score (nSPS) is 15.0. The van der Waals surface area contributed by atoms with Gasteiger partial charge < -0.3 is 24.3 Å². The van der Waals surface area contributed by atoms with E-state index in [-0.39, 0.29) is 38.1 Å². The molecular weight excluding hydrogens is 428 g/mol. The minimum absolute atomic E-state index is 0.141. The molecule has 1 saturated heterocycles. The number of aliphatic hydroxyl groups excluding tert-OH is 1. The average molecular weight is 449 g/mol. The van der Waals surface area contributed by atoms with Gasteiger partial charge in [-0.2, -0.15) is 0 Å². The minimum Gasteiger partial charge on any atom is -0.493 e. The maximum absolute atomic E-state index is 12.7. The zero-order valence-corrected chi connectivity index (χ0v) is 17.8. The van der Waals surface area contributed by atoms with Gasteiger partial charge in [-0.1, -0.05) is 30.0 Å². The van der Waals surface area contributed by atoms with Gasteiger partial charge in [0, 0.05) is 6.54 Å². The maximum atomic E-state index is 12.7. The summed E-state index contributed by atoms with van der Waals surface area (Å²) < 4.78 is 16.6. The first-order chi connectivity index (χ1) is 14.5. The van der Waals surface area contributed by atoms with Crippen molar-refractivity contribution in [3.8, 4) is 11.5 Å². The SMILES string of the molecule is COc1cc(C=C2SC(=S)N(Cc3ccco3)C2=O)ccc1OCC(=O)NCCO. The number of amides is 2. The van der Waals surface area contributed by atoms with Crippen molar-refractivity contribution in [2.75, 3.05) is 26.9 Å². The quantitative estimate of drug-likeness (QED) is 0.445. The lowest BCUT2D eigenvalue weighted by atomic mass is 10.2. The molecule has 0 spiro atoms. The number of thiocarbonyl (C=S) groups is 1. The number of nitrogens with one attached hydrogen (secondary N) is 1. The summed E-state index contributed by atoms with van der Waals surface area (Å²) >= 11 is 6.55. The predicted octanol–water partition coefficient (Wildman–Crippen LogP) is 2.18. The van der Waals surface area contributed by atoms with Crippen molar-refractivity contribution in [3.05, 3.63) is 52.8 Å². The Hall–Kier alpha value is -2.82. The van der Waals surface area contributed by atoms with Crippen molar-refractivity contribution in [2.24, 2.45) is 0 Å². The number of furan rings is 1. The fourth-order valence-electron chi connectivity index (χ4n) is 2.63. The van der Waals surface area contributed by atoms with Crippen LogP contribution in [0.2, 0.25) is 0 Å². The summed E-state index contributed by atoms with van der Waals surface area (Å²) in [7, 11) is 1.49. The number of aliphatic hydroxyl groups is 1. The lowest BCUT2D eigenvalue weighted by Gasteiger charge is -2.12. The van der Waals surface area contributed by atoms with Crippen LogP contribution in [-0.2, 0) is 16.1 Å². The van der Waals surface area contributed by atoms with Gasteiger partial charge in [0.2, 0.25) is 0 Å². The van der Waals surface area contributed by atoms with Crippen molar-refractivity contribution in [1.29, 1.82) is 0 Å². The molecule has 2 N–H and O–H groups in total. The molecule has 1 aliphatic heterocycles. The van der Waals surface area contributed by atoms with Crippen LogP contribution >= 0.6 is 24.0 Å². The van der Waals surface area contributed by atoms with Crippen molar-refractivity contribution < 1.29 is 28.6 Å². The molecule has 2 aromatic rings. The molecule has 1 fully saturated rings. The highest BCUT2D eigenvalue weighted by Gasteiger charge is 2.32. The topological polar surface area (TPSA) is 101 Å². The second-order valence-corrected chi connectivity index (χ2v) is 7.80.